The van der Waals surface area contributed by atoms with Gasteiger partial charge in [0.05, 0.1) is 0 Å². The zero-order valence-electron chi connectivity index (χ0n) is 20.8. The van der Waals surface area contributed by atoms with Gasteiger partial charge in [-0.05, 0) is 0 Å². The molecule has 1 nitrogen and oxygen atoms in total. The minimum absolute atomic E-state index is 0.898. The molecule has 6 rings (SSSR count). The first-order valence-electron chi connectivity index (χ1n) is 12.7. The van der Waals surface area contributed by atoms with Gasteiger partial charge in [-0.15, -0.1) is 0 Å². The Hall–Kier alpha value is -4.19. The van der Waals surface area contributed by atoms with Gasteiger partial charge in [0.25, 0.3) is 0 Å². The zero-order chi connectivity index (χ0) is 25.1. The van der Waals surface area contributed by atoms with Crippen molar-refractivity contribution in [2.75, 3.05) is 7.11 Å². The van der Waals surface area contributed by atoms with E-state index in [1.54, 1.807) is 7.11 Å². The Morgan fingerprint density at radius 3 is 1.43 bits per heavy atom. The van der Waals surface area contributed by atoms with Crippen molar-refractivity contribution in [3.05, 3.63) is 152 Å². The molecule has 0 unspecified atom stereocenters. The number of fused-ring (bicyclic) bond motifs is 1. The maximum absolute atomic E-state index is 5.88. The molecule has 0 spiro atoms. The third kappa shape index (κ3) is 3.93. The molecule has 0 fully saturated rings. The molecular weight excluding hydrogens is 467 g/mol. The van der Waals surface area contributed by atoms with Crippen LogP contribution in [0.25, 0.3) is 21.9 Å². The summed E-state index contributed by atoms with van der Waals surface area (Å²) in [6, 6.07) is 55.1. The standard InChI is InChI=1S/C35H29OP/c1-36-33-25-14-16-27-15-13-24-32(35(27)33)31-23-11-12-26-34(31)37(28-17-5-2-6-18-28,29-19-7-3-8-20-29)30-21-9-4-10-22-30/h2-26,37H,1H3. The number of benzene rings is 6. The molecule has 0 bridgehead atoms. The van der Waals surface area contributed by atoms with Gasteiger partial charge in [0.2, 0.25) is 0 Å². The molecule has 0 aliphatic heterocycles. The van der Waals surface area contributed by atoms with Gasteiger partial charge in [-0.2, -0.15) is 0 Å². The monoisotopic (exact) mass is 496 g/mol. The van der Waals surface area contributed by atoms with Crippen molar-refractivity contribution in [3.63, 3.8) is 0 Å². The summed E-state index contributed by atoms with van der Waals surface area (Å²) in [7, 11) is -0.925. The van der Waals surface area contributed by atoms with Gasteiger partial charge in [-0.3, -0.25) is 0 Å². The van der Waals surface area contributed by atoms with Crippen molar-refractivity contribution in [2.24, 2.45) is 0 Å². The van der Waals surface area contributed by atoms with E-state index in [1.807, 2.05) is 0 Å². The van der Waals surface area contributed by atoms with Crippen molar-refractivity contribution in [1.82, 2.24) is 0 Å². The SMILES string of the molecule is COc1cccc2cccc(-c3ccccc3[PH](c3ccccc3)(c3ccccc3)c3ccccc3)c12. The molecule has 0 atom stereocenters. The Bertz CT molecular complexity index is 1540. The van der Waals surface area contributed by atoms with Crippen LogP contribution in [0, 0.1) is 0 Å². The Labute approximate surface area is 219 Å². The molecule has 0 radical (unpaired) electrons. The van der Waals surface area contributed by atoms with Gasteiger partial charge >= 0.3 is 220 Å². The molecule has 180 valence electrons. The fourth-order valence-electron chi connectivity index (χ4n) is 5.78. The summed E-state index contributed by atoms with van der Waals surface area (Å²) in [6.45, 7) is 0. The number of hydrogen-bond donors (Lipinski definition) is 0. The van der Waals surface area contributed by atoms with Crippen LogP contribution in [0.2, 0.25) is 0 Å². The van der Waals surface area contributed by atoms with Gasteiger partial charge in [0.1, 0.15) is 0 Å². The summed E-state index contributed by atoms with van der Waals surface area (Å²) in [5.74, 6) is 0.898. The van der Waals surface area contributed by atoms with Gasteiger partial charge < -0.3 is 0 Å². The van der Waals surface area contributed by atoms with E-state index in [0.29, 0.717) is 0 Å². The van der Waals surface area contributed by atoms with Crippen LogP contribution >= 0.6 is 7.26 Å². The topological polar surface area (TPSA) is 9.23 Å². The third-order valence-electron chi connectivity index (χ3n) is 7.33. The first-order chi connectivity index (χ1) is 18.3. The Balaban J connectivity index is 1.78. The van der Waals surface area contributed by atoms with Crippen LogP contribution in [0.1, 0.15) is 0 Å². The van der Waals surface area contributed by atoms with Crippen LogP contribution in [0.15, 0.2) is 152 Å². The molecule has 0 heterocycles. The van der Waals surface area contributed by atoms with Crippen LogP contribution in [0.5, 0.6) is 5.75 Å². The van der Waals surface area contributed by atoms with Crippen LogP contribution < -0.4 is 26.0 Å². The Kier molecular flexibility index (Phi) is 6.31. The molecule has 6 aromatic carbocycles. The molecule has 0 aliphatic carbocycles. The second-order valence-corrected chi connectivity index (χ2v) is 13.0. The van der Waals surface area contributed by atoms with Gasteiger partial charge in [0, 0.05) is 0 Å². The van der Waals surface area contributed by atoms with Crippen LogP contribution in [0.3, 0.4) is 0 Å². The summed E-state index contributed by atoms with van der Waals surface area (Å²) < 4.78 is 5.88. The Morgan fingerprint density at radius 2 is 0.892 bits per heavy atom. The predicted molar refractivity (Wildman–Crippen MR) is 162 cm³/mol. The van der Waals surface area contributed by atoms with Crippen LogP contribution in [0.4, 0.5) is 0 Å². The van der Waals surface area contributed by atoms with Crippen LogP contribution in [-0.4, -0.2) is 7.11 Å². The first kappa shape index (κ1) is 23.2. The van der Waals surface area contributed by atoms with E-state index < -0.39 is 7.26 Å². The molecule has 2 heteroatoms. The second kappa shape index (κ2) is 10.1. The molecular formula is C35H29OP. The summed E-state index contributed by atoms with van der Waals surface area (Å²) in [6.07, 6.45) is 0. The van der Waals surface area contributed by atoms with Crippen molar-refractivity contribution in [1.29, 1.82) is 0 Å². The van der Waals surface area contributed by atoms with Crippen molar-refractivity contribution < 1.29 is 4.74 Å². The molecule has 6 aromatic rings. The van der Waals surface area contributed by atoms with Gasteiger partial charge in [0.15, 0.2) is 0 Å². The summed E-state index contributed by atoms with van der Waals surface area (Å²) in [5, 5.41) is 7.80. The Morgan fingerprint density at radius 1 is 0.432 bits per heavy atom. The summed E-state index contributed by atoms with van der Waals surface area (Å²) >= 11 is 0. The quantitative estimate of drug-likeness (QED) is 0.229. The van der Waals surface area contributed by atoms with Crippen LogP contribution in [-0.2, 0) is 0 Å². The van der Waals surface area contributed by atoms with Gasteiger partial charge in [-0.25, -0.2) is 0 Å². The summed E-state index contributed by atoms with van der Waals surface area (Å²) in [5.41, 5.74) is 2.45. The summed E-state index contributed by atoms with van der Waals surface area (Å²) in [4.78, 5) is 0. The molecule has 0 saturated heterocycles. The van der Waals surface area contributed by atoms with E-state index in [1.165, 1.54) is 37.7 Å². The molecule has 0 amide bonds. The van der Waals surface area contributed by atoms with Crippen molar-refractivity contribution >= 4 is 39.3 Å². The number of rotatable bonds is 6. The predicted octanol–water partition coefficient (Wildman–Crippen LogP) is 6.87. The molecule has 0 aromatic heterocycles. The average Bonchev–Trinajstić information content (AvgIpc) is 2.99. The second-order valence-electron chi connectivity index (χ2n) is 9.26. The molecule has 0 saturated carbocycles. The number of ether oxygens (including phenoxy) is 1. The number of hydrogen-bond acceptors (Lipinski definition) is 1. The van der Waals surface area contributed by atoms with E-state index in [4.69, 9.17) is 4.74 Å². The van der Waals surface area contributed by atoms with E-state index in [-0.39, 0.29) is 0 Å². The van der Waals surface area contributed by atoms with E-state index >= 15 is 0 Å². The van der Waals surface area contributed by atoms with Crippen molar-refractivity contribution in [2.45, 2.75) is 0 Å². The molecule has 37 heavy (non-hydrogen) atoms. The fraction of sp³-hybridized carbons (Fsp3) is 0.0286. The van der Waals surface area contributed by atoms with E-state index in [2.05, 4.69) is 152 Å². The zero-order valence-corrected chi connectivity index (χ0v) is 21.8. The maximum atomic E-state index is 5.88. The third-order valence-corrected chi connectivity index (χ3v) is 12.2. The van der Waals surface area contributed by atoms with Gasteiger partial charge in [-0.1, -0.05) is 0 Å². The minimum atomic E-state index is -2.68. The van der Waals surface area contributed by atoms with E-state index in [0.717, 1.165) is 11.1 Å². The van der Waals surface area contributed by atoms with Crippen molar-refractivity contribution in [3.8, 4) is 16.9 Å². The molecule has 0 N–H and O–H groups in total. The molecule has 0 aliphatic rings. The fourth-order valence-corrected chi connectivity index (χ4v) is 10.8. The average molecular weight is 497 g/mol. The number of methoxy groups -OCH3 is 1. The first-order valence-corrected chi connectivity index (χ1v) is 14.7. The van der Waals surface area contributed by atoms with E-state index in [9.17, 15) is 0 Å². The normalized spacial score (nSPS) is 11.8.